The summed E-state index contributed by atoms with van der Waals surface area (Å²) >= 11 is 0. The van der Waals surface area contributed by atoms with Crippen LogP contribution in [0.25, 0.3) is 0 Å². The number of hydrogen-bond donors (Lipinski definition) is 0. The van der Waals surface area contributed by atoms with E-state index in [-0.39, 0.29) is 35.4 Å². The van der Waals surface area contributed by atoms with Crippen LogP contribution < -0.4 is 0 Å². The van der Waals surface area contributed by atoms with Crippen molar-refractivity contribution in [3.63, 3.8) is 0 Å². The maximum Gasteiger partial charge on any atom is 0.310 e. The summed E-state index contributed by atoms with van der Waals surface area (Å²) < 4.78 is 34.4. The third-order valence-corrected chi connectivity index (χ3v) is 5.55. The first-order valence-corrected chi connectivity index (χ1v) is 8.99. The van der Waals surface area contributed by atoms with Crippen LogP contribution in [-0.4, -0.2) is 5.97 Å². The zero-order valence-electron chi connectivity index (χ0n) is 16.0. The minimum Gasteiger partial charge on any atom is -0.461 e. The summed E-state index contributed by atoms with van der Waals surface area (Å²) in [5.74, 6) is -1.38. The van der Waals surface area contributed by atoms with E-state index in [0.29, 0.717) is 29.5 Å². The predicted molar refractivity (Wildman–Crippen MR) is 95.2 cm³/mol. The van der Waals surface area contributed by atoms with Gasteiger partial charge in [0.1, 0.15) is 18.2 Å². The second kappa shape index (κ2) is 7.27. The lowest BCUT2D eigenvalue weighted by Gasteiger charge is -2.18. The molecule has 1 saturated carbocycles. The molecule has 2 atom stereocenters. The van der Waals surface area contributed by atoms with Crippen molar-refractivity contribution in [2.75, 3.05) is 0 Å². The van der Waals surface area contributed by atoms with Gasteiger partial charge in [-0.05, 0) is 49.1 Å². The van der Waals surface area contributed by atoms with Crippen LogP contribution in [0, 0.1) is 35.8 Å². The van der Waals surface area contributed by atoms with Gasteiger partial charge in [0.2, 0.25) is 0 Å². The van der Waals surface area contributed by atoms with Crippen molar-refractivity contribution < 1.29 is 18.3 Å². The summed E-state index contributed by atoms with van der Waals surface area (Å²) in [5.41, 5.74) is 1.29. The molecular formula is C21H28F2O2. The van der Waals surface area contributed by atoms with Crippen LogP contribution in [0.5, 0.6) is 0 Å². The summed E-state index contributed by atoms with van der Waals surface area (Å²) in [6, 6.07) is 0. The van der Waals surface area contributed by atoms with E-state index in [4.69, 9.17) is 4.74 Å². The van der Waals surface area contributed by atoms with Gasteiger partial charge in [0, 0.05) is 11.1 Å². The number of ether oxygens (including phenoxy) is 1. The van der Waals surface area contributed by atoms with Crippen molar-refractivity contribution in [3.8, 4) is 0 Å². The van der Waals surface area contributed by atoms with E-state index in [0.717, 1.165) is 0 Å². The number of hydrogen-bond acceptors (Lipinski definition) is 2. The molecule has 0 bridgehead atoms. The van der Waals surface area contributed by atoms with Crippen LogP contribution in [-0.2, 0) is 29.0 Å². The van der Waals surface area contributed by atoms with Crippen molar-refractivity contribution in [2.45, 2.75) is 61.0 Å². The molecule has 1 aromatic carbocycles. The number of allylic oxidation sites excluding steroid dienone is 2. The van der Waals surface area contributed by atoms with Gasteiger partial charge in [0.15, 0.2) is 0 Å². The molecule has 0 aromatic heterocycles. The Bertz CT molecular complexity index is 673. The fourth-order valence-corrected chi connectivity index (χ4v) is 3.83. The number of benzene rings is 1. The zero-order valence-corrected chi connectivity index (χ0v) is 16.0. The molecule has 1 aromatic rings. The van der Waals surface area contributed by atoms with Crippen LogP contribution >= 0.6 is 0 Å². The fourth-order valence-electron chi connectivity index (χ4n) is 3.83. The Morgan fingerprint density at radius 2 is 1.64 bits per heavy atom. The maximum atomic E-state index is 14.4. The summed E-state index contributed by atoms with van der Waals surface area (Å²) in [4.78, 5) is 12.5. The van der Waals surface area contributed by atoms with E-state index in [1.165, 1.54) is 6.92 Å². The van der Waals surface area contributed by atoms with Crippen molar-refractivity contribution in [1.29, 1.82) is 0 Å². The molecular weight excluding hydrogens is 322 g/mol. The third kappa shape index (κ3) is 3.36. The van der Waals surface area contributed by atoms with Gasteiger partial charge in [-0.3, -0.25) is 4.79 Å². The molecule has 1 aliphatic rings. The van der Waals surface area contributed by atoms with Crippen molar-refractivity contribution >= 4 is 5.97 Å². The monoisotopic (exact) mass is 350 g/mol. The van der Waals surface area contributed by atoms with Crippen LogP contribution in [0.1, 0.15) is 56.9 Å². The van der Waals surface area contributed by atoms with Gasteiger partial charge in [-0.25, -0.2) is 8.78 Å². The molecule has 2 nitrogen and oxygen atoms in total. The SMILES string of the molecule is CC=C[C@@H]1[C@@H](C(=O)OCc2c(CC)c(F)c(C)c(F)c2CC)C1(C)C. The predicted octanol–water partition coefficient (Wildman–Crippen LogP) is 5.29. The first-order chi connectivity index (χ1) is 11.7. The third-order valence-electron chi connectivity index (χ3n) is 5.55. The average molecular weight is 350 g/mol. The quantitative estimate of drug-likeness (QED) is 0.515. The second-order valence-corrected chi connectivity index (χ2v) is 7.35. The van der Waals surface area contributed by atoms with E-state index in [9.17, 15) is 13.6 Å². The minimum atomic E-state index is -0.526. The van der Waals surface area contributed by atoms with Crippen molar-refractivity contribution in [2.24, 2.45) is 17.3 Å². The molecule has 0 saturated heterocycles. The van der Waals surface area contributed by atoms with Crippen LogP contribution in [0.4, 0.5) is 8.78 Å². The lowest BCUT2D eigenvalue weighted by molar-refractivity contribution is -0.147. The smallest absolute Gasteiger partial charge is 0.310 e. The van der Waals surface area contributed by atoms with Gasteiger partial charge in [-0.1, -0.05) is 39.8 Å². The summed E-state index contributed by atoms with van der Waals surface area (Å²) in [7, 11) is 0. The molecule has 0 radical (unpaired) electrons. The summed E-state index contributed by atoms with van der Waals surface area (Å²) in [5, 5.41) is 0. The molecule has 0 heterocycles. The first-order valence-electron chi connectivity index (χ1n) is 8.99. The molecule has 1 fully saturated rings. The average Bonchev–Trinajstić information content (AvgIpc) is 3.11. The standard InChI is InChI=1S/C21H28F2O2/c1-7-10-16-17(21(16,5)6)20(24)25-11-15-13(8-2)18(22)12(4)19(23)14(15)9-3/h7,10,16-17H,8-9,11H2,1-6H3/t16-,17+/m1/s1. The molecule has 0 spiro atoms. The van der Waals surface area contributed by atoms with Crippen molar-refractivity contribution in [1.82, 2.24) is 0 Å². The highest BCUT2D eigenvalue weighted by molar-refractivity contribution is 5.78. The topological polar surface area (TPSA) is 26.3 Å². The number of carbonyl (C=O) groups is 1. The number of carbonyl (C=O) groups excluding carboxylic acids is 1. The molecule has 2 rings (SSSR count). The van der Waals surface area contributed by atoms with Crippen LogP contribution in [0.2, 0.25) is 0 Å². The Kier molecular flexibility index (Phi) is 5.70. The molecule has 0 aliphatic heterocycles. The van der Waals surface area contributed by atoms with Crippen LogP contribution in [0.15, 0.2) is 12.2 Å². The van der Waals surface area contributed by atoms with Crippen LogP contribution in [0.3, 0.4) is 0 Å². The maximum absolute atomic E-state index is 14.4. The van der Waals surface area contributed by atoms with Gasteiger partial charge in [-0.2, -0.15) is 0 Å². The number of esters is 1. The Morgan fingerprint density at radius 1 is 1.12 bits per heavy atom. The molecule has 25 heavy (non-hydrogen) atoms. The second-order valence-electron chi connectivity index (χ2n) is 7.35. The first kappa shape index (κ1) is 19.6. The Hall–Kier alpha value is -1.71. The number of halogens is 2. The van der Waals surface area contributed by atoms with E-state index < -0.39 is 11.6 Å². The molecule has 0 amide bonds. The summed E-state index contributed by atoms with van der Waals surface area (Å²) in [6.45, 7) is 11.0. The van der Waals surface area contributed by atoms with Gasteiger partial charge in [0.05, 0.1) is 5.92 Å². The molecule has 138 valence electrons. The highest BCUT2D eigenvalue weighted by Crippen LogP contribution is 2.59. The normalized spacial score (nSPS) is 21.6. The van der Waals surface area contributed by atoms with Gasteiger partial charge in [-0.15, -0.1) is 0 Å². The zero-order chi connectivity index (χ0) is 18.9. The summed E-state index contributed by atoms with van der Waals surface area (Å²) in [6.07, 6.45) is 4.83. The Labute approximate surface area is 149 Å². The lowest BCUT2D eigenvalue weighted by Crippen LogP contribution is -2.15. The number of rotatable bonds is 6. The molecule has 1 aliphatic carbocycles. The molecule has 0 unspecified atom stereocenters. The molecule has 4 heteroatoms. The van der Waals surface area contributed by atoms with Gasteiger partial charge < -0.3 is 4.74 Å². The minimum absolute atomic E-state index is 0.0419. The molecule has 0 N–H and O–H groups in total. The largest absolute Gasteiger partial charge is 0.461 e. The highest BCUT2D eigenvalue weighted by atomic mass is 19.1. The van der Waals surface area contributed by atoms with Crippen molar-refractivity contribution in [3.05, 3.63) is 46.0 Å². The van der Waals surface area contributed by atoms with E-state index in [1.807, 2.05) is 46.8 Å². The van der Waals surface area contributed by atoms with Gasteiger partial charge >= 0.3 is 5.97 Å². The Balaban J connectivity index is 2.25. The van der Waals surface area contributed by atoms with E-state index >= 15 is 0 Å². The highest BCUT2D eigenvalue weighted by Gasteiger charge is 2.61. The van der Waals surface area contributed by atoms with E-state index in [1.54, 1.807) is 0 Å². The van der Waals surface area contributed by atoms with E-state index in [2.05, 4.69) is 0 Å². The lowest BCUT2D eigenvalue weighted by atomic mass is 9.93. The fraction of sp³-hybridized carbons (Fsp3) is 0.571. The Morgan fingerprint density at radius 3 is 2.08 bits per heavy atom. The van der Waals surface area contributed by atoms with Gasteiger partial charge in [0.25, 0.3) is 0 Å².